The van der Waals surface area contributed by atoms with Crippen molar-refractivity contribution in [3.63, 3.8) is 0 Å². The Labute approximate surface area is 141 Å². The largest absolute Gasteiger partial charge is 0.353 e. The van der Waals surface area contributed by atoms with E-state index in [9.17, 15) is 13.6 Å². The lowest BCUT2D eigenvalue weighted by Crippen LogP contribution is -2.37. The number of hydrogen-bond donors (Lipinski definition) is 1. The lowest BCUT2D eigenvalue weighted by molar-refractivity contribution is 0.0940. The number of carbonyl (C=O) groups excluding carboxylic acids is 1. The molecule has 1 amide bonds. The van der Waals surface area contributed by atoms with Crippen molar-refractivity contribution in [2.24, 2.45) is 0 Å². The van der Waals surface area contributed by atoms with E-state index in [4.69, 9.17) is 0 Å². The third-order valence-electron chi connectivity index (χ3n) is 4.18. The molecule has 0 radical (unpaired) electrons. The first-order valence-electron chi connectivity index (χ1n) is 7.78. The molecule has 1 aliphatic rings. The fourth-order valence-corrected chi connectivity index (χ4v) is 2.88. The van der Waals surface area contributed by atoms with Crippen LogP contribution in [0.3, 0.4) is 0 Å². The molecule has 0 aliphatic carbocycles. The van der Waals surface area contributed by atoms with E-state index in [-0.39, 0.29) is 11.6 Å². The molecule has 1 N–H and O–H groups in total. The molecule has 128 valence electrons. The minimum Gasteiger partial charge on any atom is -0.353 e. The van der Waals surface area contributed by atoms with Crippen LogP contribution in [0.2, 0.25) is 0 Å². The van der Waals surface area contributed by atoms with Crippen LogP contribution in [0.4, 0.5) is 14.6 Å². The third kappa shape index (κ3) is 3.00. The fourth-order valence-electron chi connectivity index (χ4n) is 2.88. The predicted molar refractivity (Wildman–Crippen MR) is 85.2 cm³/mol. The minimum atomic E-state index is -1.04. The van der Waals surface area contributed by atoms with Crippen LogP contribution in [0, 0.1) is 11.6 Å². The SMILES string of the molecule is O=C(N[C@@H]1CCN(c2ccc3nncn3n2)C1)c1ccc(F)c(F)c1. The second-order valence-electron chi connectivity index (χ2n) is 5.86. The van der Waals surface area contributed by atoms with Gasteiger partial charge in [-0.25, -0.2) is 8.78 Å². The van der Waals surface area contributed by atoms with Crippen molar-refractivity contribution < 1.29 is 13.6 Å². The number of halogens is 2. The molecule has 1 saturated heterocycles. The zero-order chi connectivity index (χ0) is 17.4. The van der Waals surface area contributed by atoms with Gasteiger partial charge in [-0.3, -0.25) is 4.79 Å². The van der Waals surface area contributed by atoms with E-state index < -0.39 is 17.5 Å². The van der Waals surface area contributed by atoms with Crippen molar-refractivity contribution in [2.75, 3.05) is 18.0 Å². The Balaban J connectivity index is 1.43. The second-order valence-corrected chi connectivity index (χ2v) is 5.86. The summed E-state index contributed by atoms with van der Waals surface area (Å²) in [5.74, 6) is -1.67. The smallest absolute Gasteiger partial charge is 0.251 e. The van der Waals surface area contributed by atoms with Gasteiger partial charge >= 0.3 is 0 Å². The first-order chi connectivity index (χ1) is 12.1. The van der Waals surface area contributed by atoms with Crippen LogP contribution in [0.25, 0.3) is 5.65 Å². The van der Waals surface area contributed by atoms with E-state index in [0.29, 0.717) is 12.2 Å². The van der Waals surface area contributed by atoms with Crippen molar-refractivity contribution in [3.8, 4) is 0 Å². The lowest BCUT2D eigenvalue weighted by Gasteiger charge is -2.17. The average molecular weight is 344 g/mol. The summed E-state index contributed by atoms with van der Waals surface area (Å²) < 4.78 is 27.8. The number of fused-ring (bicyclic) bond motifs is 1. The zero-order valence-electron chi connectivity index (χ0n) is 13.1. The van der Waals surface area contributed by atoms with E-state index in [1.54, 1.807) is 4.52 Å². The summed E-state index contributed by atoms with van der Waals surface area (Å²) in [6.45, 7) is 1.30. The summed E-state index contributed by atoms with van der Waals surface area (Å²) in [7, 11) is 0. The molecule has 1 aliphatic heterocycles. The number of nitrogens with zero attached hydrogens (tertiary/aromatic N) is 5. The van der Waals surface area contributed by atoms with E-state index in [0.717, 1.165) is 30.9 Å². The maximum Gasteiger partial charge on any atom is 0.251 e. The van der Waals surface area contributed by atoms with Gasteiger partial charge in [-0.1, -0.05) is 0 Å². The van der Waals surface area contributed by atoms with Gasteiger partial charge in [-0.2, -0.15) is 4.52 Å². The zero-order valence-corrected chi connectivity index (χ0v) is 13.1. The summed E-state index contributed by atoms with van der Waals surface area (Å²) in [5.41, 5.74) is 0.757. The Kier molecular flexibility index (Phi) is 3.75. The summed E-state index contributed by atoms with van der Waals surface area (Å²) >= 11 is 0. The van der Waals surface area contributed by atoms with Crippen molar-refractivity contribution in [1.29, 1.82) is 0 Å². The Morgan fingerprint density at radius 1 is 1.20 bits per heavy atom. The topological polar surface area (TPSA) is 75.4 Å². The number of anilines is 1. The number of carbonyl (C=O) groups is 1. The van der Waals surface area contributed by atoms with Gasteiger partial charge < -0.3 is 10.2 Å². The summed E-state index contributed by atoms with van der Waals surface area (Å²) in [5, 5.41) is 15.0. The van der Waals surface area contributed by atoms with Crippen molar-refractivity contribution in [3.05, 3.63) is 53.9 Å². The number of nitrogens with one attached hydrogen (secondary N) is 1. The molecule has 0 spiro atoms. The number of hydrogen-bond acceptors (Lipinski definition) is 5. The molecular formula is C16H14F2N6O. The van der Waals surface area contributed by atoms with Crippen LogP contribution in [0.5, 0.6) is 0 Å². The van der Waals surface area contributed by atoms with Crippen molar-refractivity contribution >= 4 is 17.4 Å². The standard InChI is InChI=1S/C16H14F2N6O/c17-12-2-1-10(7-13(12)18)16(25)20-11-5-6-23(8-11)15-4-3-14-21-19-9-24(14)22-15/h1-4,7,9,11H,5-6,8H2,(H,20,25)/t11-/m1/s1. The first kappa shape index (κ1) is 15.4. The predicted octanol–water partition coefficient (Wildman–Crippen LogP) is 1.41. The Morgan fingerprint density at radius 2 is 2.08 bits per heavy atom. The molecule has 0 unspecified atom stereocenters. The normalized spacial score (nSPS) is 17.2. The van der Waals surface area contributed by atoms with E-state index in [2.05, 4.69) is 20.6 Å². The molecule has 4 rings (SSSR count). The van der Waals surface area contributed by atoms with Gasteiger partial charge in [0.25, 0.3) is 5.91 Å². The van der Waals surface area contributed by atoms with Crippen LogP contribution in [0.1, 0.15) is 16.8 Å². The molecule has 2 aromatic heterocycles. The summed E-state index contributed by atoms with van der Waals surface area (Å²) in [4.78, 5) is 14.2. The number of rotatable bonds is 3. The molecule has 1 atom stereocenters. The van der Waals surface area contributed by atoms with Gasteiger partial charge in [-0.15, -0.1) is 15.3 Å². The first-order valence-corrected chi connectivity index (χ1v) is 7.78. The fraction of sp³-hybridized carbons (Fsp3) is 0.250. The van der Waals surface area contributed by atoms with Gasteiger partial charge in [0.05, 0.1) is 0 Å². The number of amides is 1. The van der Waals surface area contributed by atoms with Crippen LogP contribution in [-0.2, 0) is 0 Å². The van der Waals surface area contributed by atoms with Gasteiger partial charge in [0.15, 0.2) is 17.3 Å². The number of benzene rings is 1. The lowest BCUT2D eigenvalue weighted by atomic mass is 10.1. The van der Waals surface area contributed by atoms with Gasteiger partial charge in [0.1, 0.15) is 12.1 Å². The third-order valence-corrected chi connectivity index (χ3v) is 4.18. The highest BCUT2D eigenvalue weighted by atomic mass is 19.2. The molecule has 9 heteroatoms. The Morgan fingerprint density at radius 3 is 2.92 bits per heavy atom. The van der Waals surface area contributed by atoms with E-state index >= 15 is 0 Å². The molecule has 3 aromatic rings. The maximum atomic E-state index is 13.3. The molecule has 7 nitrogen and oxygen atoms in total. The molecule has 1 fully saturated rings. The highest BCUT2D eigenvalue weighted by molar-refractivity contribution is 5.94. The van der Waals surface area contributed by atoms with E-state index in [1.165, 1.54) is 12.4 Å². The van der Waals surface area contributed by atoms with Crippen molar-refractivity contribution in [1.82, 2.24) is 25.1 Å². The minimum absolute atomic E-state index is 0.0981. The highest BCUT2D eigenvalue weighted by Crippen LogP contribution is 2.18. The van der Waals surface area contributed by atoms with Crippen LogP contribution < -0.4 is 10.2 Å². The summed E-state index contributed by atoms with van der Waals surface area (Å²) in [6.07, 6.45) is 2.26. The van der Waals surface area contributed by atoms with Gasteiger partial charge in [0, 0.05) is 24.7 Å². The maximum absolute atomic E-state index is 13.3. The molecule has 3 heterocycles. The monoisotopic (exact) mass is 344 g/mol. The highest BCUT2D eigenvalue weighted by Gasteiger charge is 2.25. The van der Waals surface area contributed by atoms with Crippen LogP contribution >= 0.6 is 0 Å². The molecule has 0 bridgehead atoms. The van der Waals surface area contributed by atoms with Gasteiger partial charge in [-0.05, 0) is 36.8 Å². The molecule has 0 saturated carbocycles. The summed E-state index contributed by atoms with van der Waals surface area (Å²) in [6, 6.07) is 6.69. The molecule has 1 aromatic carbocycles. The molecular weight excluding hydrogens is 330 g/mol. The quantitative estimate of drug-likeness (QED) is 0.778. The van der Waals surface area contributed by atoms with Gasteiger partial charge in [0.2, 0.25) is 0 Å². The molecule has 25 heavy (non-hydrogen) atoms. The van der Waals surface area contributed by atoms with Crippen LogP contribution in [-0.4, -0.2) is 44.8 Å². The number of aromatic nitrogens is 4. The Bertz CT molecular complexity index is 943. The Hall–Kier alpha value is -3.10. The van der Waals surface area contributed by atoms with E-state index in [1.807, 2.05) is 17.0 Å². The average Bonchev–Trinajstić information content (AvgIpc) is 3.25. The van der Waals surface area contributed by atoms with Crippen LogP contribution in [0.15, 0.2) is 36.7 Å². The second kappa shape index (κ2) is 6.08. The van der Waals surface area contributed by atoms with Crippen molar-refractivity contribution in [2.45, 2.75) is 12.5 Å².